The molecule has 4 rings (SSSR count). The topological polar surface area (TPSA) is 102 Å². The third-order valence-corrected chi connectivity index (χ3v) is 6.29. The van der Waals surface area contributed by atoms with E-state index in [2.05, 4.69) is 10.6 Å². The fourth-order valence-electron chi connectivity index (χ4n) is 4.01. The molecule has 0 spiro atoms. The lowest BCUT2D eigenvalue weighted by Gasteiger charge is -2.15. The van der Waals surface area contributed by atoms with Crippen molar-refractivity contribution >= 4 is 34.3 Å². The lowest BCUT2D eigenvalue weighted by Crippen LogP contribution is -2.41. The molecule has 0 atom stereocenters. The summed E-state index contributed by atoms with van der Waals surface area (Å²) in [6.07, 6.45) is 1.04. The molecule has 0 radical (unpaired) electrons. The Kier molecular flexibility index (Phi) is 8.20. The van der Waals surface area contributed by atoms with Crippen LogP contribution >= 0.6 is 11.6 Å². The summed E-state index contributed by atoms with van der Waals surface area (Å²) in [6, 6.07) is 20.5. The lowest BCUT2D eigenvalue weighted by molar-refractivity contribution is -0.122. The van der Waals surface area contributed by atoms with Crippen molar-refractivity contribution in [2.75, 3.05) is 6.54 Å². The number of carbonyl (C=O) groups is 2. The number of nitrogens with one attached hydrogen (secondary N) is 2. The van der Waals surface area contributed by atoms with Crippen molar-refractivity contribution < 1.29 is 9.59 Å². The molecule has 9 heteroatoms. The highest BCUT2D eigenvalue weighted by molar-refractivity contribution is 6.31. The molecule has 1 aromatic heterocycles. The molecule has 0 fully saturated rings. The van der Waals surface area contributed by atoms with E-state index in [1.165, 1.54) is 4.57 Å². The van der Waals surface area contributed by atoms with E-state index in [0.29, 0.717) is 28.2 Å². The molecule has 0 unspecified atom stereocenters. The van der Waals surface area contributed by atoms with Gasteiger partial charge in [0.25, 0.3) is 5.56 Å². The number of nitrogens with zero attached hydrogens (tertiary/aromatic N) is 2. The van der Waals surface area contributed by atoms with Crippen LogP contribution in [0.15, 0.2) is 82.4 Å². The number of hydrogen-bond acceptors (Lipinski definition) is 4. The summed E-state index contributed by atoms with van der Waals surface area (Å²) >= 11 is 6.17. The van der Waals surface area contributed by atoms with E-state index in [-0.39, 0.29) is 25.4 Å². The van der Waals surface area contributed by atoms with Gasteiger partial charge in [-0.3, -0.25) is 19.0 Å². The maximum atomic E-state index is 13.5. The van der Waals surface area contributed by atoms with E-state index in [9.17, 15) is 19.2 Å². The second kappa shape index (κ2) is 11.7. The molecule has 0 bridgehead atoms. The molecular formula is C28H27ClN4O4. The number of amides is 2. The zero-order chi connectivity index (χ0) is 26.4. The van der Waals surface area contributed by atoms with Crippen LogP contribution < -0.4 is 21.9 Å². The first-order valence-corrected chi connectivity index (χ1v) is 12.4. The molecule has 2 N–H and O–H groups in total. The number of hydrogen-bond donors (Lipinski definition) is 2. The SMILES string of the molecule is CCCNC(=O)Cc1ccc(-n2c(=O)c3ccccc3n(CC(=O)NCc3ccccc3Cl)c2=O)cc1. The van der Waals surface area contributed by atoms with E-state index in [4.69, 9.17) is 11.6 Å². The Morgan fingerprint density at radius 3 is 2.30 bits per heavy atom. The average Bonchev–Trinajstić information content (AvgIpc) is 2.90. The fourth-order valence-corrected chi connectivity index (χ4v) is 4.21. The molecule has 3 aromatic carbocycles. The maximum Gasteiger partial charge on any atom is 0.336 e. The Morgan fingerprint density at radius 2 is 1.57 bits per heavy atom. The monoisotopic (exact) mass is 518 g/mol. The van der Waals surface area contributed by atoms with Crippen LogP contribution in [0.25, 0.3) is 16.6 Å². The first-order chi connectivity index (χ1) is 17.9. The molecule has 0 aliphatic carbocycles. The van der Waals surface area contributed by atoms with Gasteiger partial charge in [0.15, 0.2) is 0 Å². The number of halogens is 1. The molecule has 0 saturated heterocycles. The minimum absolute atomic E-state index is 0.0948. The highest BCUT2D eigenvalue weighted by Gasteiger charge is 2.17. The molecule has 0 aliphatic heterocycles. The summed E-state index contributed by atoms with van der Waals surface area (Å²) in [5, 5.41) is 6.45. The highest BCUT2D eigenvalue weighted by atomic mass is 35.5. The van der Waals surface area contributed by atoms with Gasteiger partial charge in [0.2, 0.25) is 11.8 Å². The second-order valence-corrected chi connectivity index (χ2v) is 8.99. The molecule has 190 valence electrons. The largest absolute Gasteiger partial charge is 0.356 e. The zero-order valence-electron chi connectivity index (χ0n) is 20.4. The maximum absolute atomic E-state index is 13.5. The summed E-state index contributed by atoms with van der Waals surface area (Å²) in [5.41, 5.74) is 1.11. The van der Waals surface area contributed by atoms with E-state index >= 15 is 0 Å². The second-order valence-electron chi connectivity index (χ2n) is 8.59. The van der Waals surface area contributed by atoms with Gasteiger partial charge in [0, 0.05) is 18.1 Å². The normalized spacial score (nSPS) is 10.9. The Bertz CT molecular complexity index is 1560. The number of para-hydroxylation sites is 1. The molecule has 1 heterocycles. The number of fused-ring (bicyclic) bond motifs is 1. The van der Waals surface area contributed by atoms with Crippen molar-refractivity contribution in [1.82, 2.24) is 19.8 Å². The summed E-state index contributed by atoms with van der Waals surface area (Å²) in [6.45, 7) is 2.51. The van der Waals surface area contributed by atoms with Crippen molar-refractivity contribution in [3.63, 3.8) is 0 Å². The molecular weight excluding hydrogens is 492 g/mol. The Hall–Kier alpha value is -4.17. The van der Waals surface area contributed by atoms with Crippen molar-refractivity contribution in [1.29, 1.82) is 0 Å². The Morgan fingerprint density at radius 1 is 0.865 bits per heavy atom. The molecule has 37 heavy (non-hydrogen) atoms. The minimum Gasteiger partial charge on any atom is -0.356 e. The van der Waals surface area contributed by atoms with Crippen LogP contribution in [0.4, 0.5) is 0 Å². The van der Waals surface area contributed by atoms with Crippen molar-refractivity contribution in [3.8, 4) is 5.69 Å². The van der Waals surface area contributed by atoms with Crippen LogP contribution in [0.3, 0.4) is 0 Å². The summed E-state index contributed by atoms with van der Waals surface area (Å²) in [4.78, 5) is 51.6. The molecule has 4 aromatic rings. The zero-order valence-corrected chi connectivity index (χ0v) is 21.1. The predicted octanol–water partition coefficient (Wildman–Crippen LogP) is 3.19. The van der Waals surface area contributed by atoms with E-state index in [0.717, 1.165) is 22.1 Å². The van der Waals surface area contributed by atoms with Crippen LogP contribution in [0.2, 0.25) is 5.02 Å². The number of rotatable bonds is 9. The quantitative estimate of drug-likeness (QED) is 0.355. The number of carbonyl (C=O) groups excluding carboxylic acids is 2. The van der Waals surface area contributed by atoms with Gasteiger partial charge in [-0.1, -0.05) is 61.0 Å². The lowest BCUT2D eigenvalue weighted by atomic mass is 10.1. The standard InChI is InChI=1S/C28H27ClN4O4/c1-2-15-30-25(34)16-19-11-13-21(14-12-19)33-27(36)22-8-4-6-10-24(22)32(28(33)37)18-26(35)31-17-20-7-3-5-9-23(20)29/h3-14H,2,15-18H2,1H3,(H,30,34)(H,31,35). The van der Waals surface area contributed by atoms with Crippen LogP contribution in [0.1, 0.15) is 24.5 Å². The predicted molar refractivity (Wildman–Crippen MR) is 144 cm³/mol. The highest BCUT2D eigenvalue weighted by Crippen LogP contribution is 2.15. The fraction of sp³-hybridized carbons (Fsp3) is 0.214. The van der Waals surface area contributed by atoms with Crippen LogP contribution in [-0.4, -0.2) is 27.5 Å². The van der Waals surface area contributed by atoms with E-state index in [1.807, 2.05) is 19.1 Å². The number of benzene rings is 3. The van der Waals surface area contributed by atoms with Crippen molar-refractivity contribution in [2.24, 2.45) is 0 Å². The summed E-state index contributed by atoms with van der Waals surface area (Å²) in [7, 11) is 0. The van der Waals surface area contributed by atoms with Gasteiger partial charge in [-0.15, -0.1) is 0 Å². The molecule has 2 amide bonds. The van der Waals surface area contributed by atoms with Crippen LogP contribution in [0, 0.1) is 0 Å². The van der Waals surface area contributed by atoms with Gasteiger partial charge in [-0.25, -0.2) is 9.36 Å². The first-order valence-electron chi connectivity index (χ1n) is 12.0. The van der Waals surface area contributed by atoms with E-state index in [1.54, 1.807) is 60.7 Å². The smallest absolute Gasteiger partial charge is 0.336 e. The van der Waals surface area contributed by atoms with Crippen LogP contribution in [-0.2, 0) is 29.1 Å². The van der Waals surface area contributed by atoms with Gasteiger partial charge in [0.05, 0.1) is 23.0 Å². The van der Waals surface area contributed by atoms with Gasteiger partial charge < -0.3 is 10.6 Å². The molecule has 8 nitrogen and oxygen atoms in total. The Labute approximate surface area is 218 Å². The minimum atomic E-state index is -0.634. The van der Waals surface area contributed by atoms with Gasteiger partial charge in [-0.2, -0.15) is 0 Å². The van der Waals surface area contributed by atoms with Crippen molar-refractivity contribution in [2.45, 2.75) is 32.9 Å². The number of aromatic nitrogens is 2. The van der Waals surface area contributed by atoms with Gasteiger partial charge in [0.1, 0.15) is 6.54 Å². The summed E-state index contributed by atoms with van der Waals surface area (Å²) in [5.74, 6) is -0.492. The van der Waals surface area contributed by atoms with E-state index < -0.39 is 17.2 Å². The van der Waals surface area contributed by atoms with Gasteiger partial charge in [-0.05, 0) is 47.9 Å². The van der Waals surface area contributed by atoms with Gasteiger partial charge >= 0.3 is 5.69 Å². The average molecular weight is 519 g/mol. The third-order valence-electron chi connectivity index (χ3n) is 5.92. The Balaban J connectivity index is 1.64. The first kappa shape index (κ1) is 25.9. The molecule has 0 saturated carbocycles. The van der Waals surface area contributed by atoms with Crippen LogP contribution in [0.5, 0.6) is 0 Å². The summed E-state index contributed by atoms with van der Waals surface area (Å²) < 4.78 is 2.33. The van der Waals surface area contributed by atoms with Crippen molar-refractivity contribution in [3.05, 3.63) is 110 Å². The molecule has 0 aliphatic rings. The third kappa shape index (κ3) is 5.98.